The number of alkyl halides is 1. The summed E-state index contributed by atoms with van der Waals surface area (Å²) in [6.07, 6.45) is 6.83. The molecule has 86 valence electrons. The van der Waals surface area contributed by atoms with Gasteiger partial charge in [-0.1, -0.05) is 36.2 Å². The molecule has 16 heavy (non-hydrogen) atoms. The van der Waals surface area contributed by atoms with Gasteiger partial charge in [0, 0.05) is 5.02 Å². The van der Waals surface area contributed by atoms with Gasteiger partial charge in [0.15, 0.2) is 0 Å². The lowest BCUT2D eigenvalue weighted by Gasteiger charge is -2.08. The highest BCUT2D eigenvalue weighted by Crippen LogP contribution is 2.30. The normalized spacial score (nSPS) is 21.4. The Morgan fingerprint density at radius 2 is 2.06 bits per heavy atom. The fraction of sp³-hybridized carbons (Fsp3) is 0.429. The van der Waals surface area contributed by atoms with Gasteiger partial charge in [-0.05, 0) is 49.0 Å². The smallest absolute Gasteiger partial charge is 0.0521 e. The van der Waals surface area contributed by atoms with Crippen LogP contribution in [0.4, 0.5) is 0 Å². The van der Waals surface area contributed by atoms with E-state index in [1.165, 1.54) is 24.0 Å². The van der Waals surface area contributed by atoms with Crippen molar-refractivity contribution >= 4 is 28.8 Å². The van der Waals surface area contributed by atoms with Crippen LogP contribution in [0.5, 0.6) is 0 Å². The molecule has 2 rings (SSSR count). The monoisotopic (exact) mass is 254 g/mol. The summed E-state index contributed by atoms with van der Waals surface area (Å²) in [4.78, 5) is 0. The van der Waals surface area contributed by atoms with Gasteiger partial charge in [0.2, 0.25) is 0 Å². The lowest BCUT2D eigenvalue weighted by Crippen LogP contribution is -1.91. The highest BCUT2D eigenvalue weighted by Gasteiger charge is 2.11. The van der Waals surface area contributed by atoms with Crippen molar-refractivity contribution in [2.75, 3.05) is 0 Å². The van der Waals surface area contributed by atoms with Gasteiger partial charge < -0.3 is 0 Å². The third-order valence-corrected chi connectivity index (χ3v) is 3.85. The Kier molecular flexibility index (Phi) is 3.94. The minimum atomic E-state index is 0.178. The van der Waals surface area contributed by atoms with Crippen molar-refractivity contribution in [3.05, 3.63) is 40.4 Å². The molecule has 1 aromatic rings. The highest BCUT2D eigenvalue weighted by atomic mass is 35.5. The number of rotatable bonds is 1. The van der Waals surface area contributed by atoms with Gasteiger partial charge in [-0.2, -0.15) is 0 Å². The third kappa shape index (κ3) is 2.81. The van der Waals surface area contributed by atoms with E-state index in [4.69, 9.17) is 23.2 Å². The van der Waals surface area contributed by atoms with E-state index >= 15 is 0 Å². The first-order chi connectivity index (χ1) is 7.66. The summed E-state index contributed by atoms with van der Waals surface area (Å²) in [6, 6.07) is 6.27. The molecule has 1 aliphatic carbocycles. The first kappa shape index (κ1) is 12.0. The number of benzene rings is 1. The molecule has 1 atom stereocenters. The van der Waals surface area contributed by atoms with Gasteiger partial charge in [0.1, 0.15) is 0 Å². The van der Waals surface area contributed by atoms with Crippen LogP contribution < -0.4 is 0 Å². The predicted octanol–water partition coefficient (Wildman–Crippen LogP) is 5.21. The fourth-order valence-corrected chi connectivity index (χ4v) is 2.56. The number of allylic oxidation sites excluding steroid dienone is 2. The Bertz CT molecular complexity index is 407. The van der Waals surface area contributed by atoms with Gasteiger partial charge in [-0.15, -0.1) is 11.6 Å². The molecule has 0 aromatic heterocycles. The zero-order valence-corrected chi connectivity index (χ0v) is 11.0. The van der Waals surface area contributed by atoms with Crippen LogP contribution in [-0.2, 0) is 0 Å². The number of aryl methyl sites for hydroxylation is 1. The highest BCUT2D eigenvalue weighted by molar-refractivity contribution is 6.31. The van der Waals surface area contributed by atoms with Crippen LogP contribution in [-0.4, -0.2) is 5.38 Å². The summed E-state index contributed by atoms with van der Waals surface area (Å²) in [6.45, 7) is 2.03. The second-order valence-corrected chi connectivity index (χ2v) is 5.39. The van der Waals surface area contributed by atoms with Crippen LogP contribution in [0, 0.1) is 6.92 Å². The molecule has 0 saturated carbocycles. The van der Waals surface area contributed by atoms with Crippen molar-refractivity contribution in [2.24, 2.45) is 0 Å². The van der Waals surface area contributed by atoms with Crippen LogP contribution in [0.3, 0.4) is 0 Å². The summed E-state index contributed by atoms with van der Waals surface area (Å²) in [5, 5.41) is 1.02. The molecule has 0 heterocycles. The van der Waals surface area contributed by atoms with E-state index in [2.05, 4.69) is 24.3 Å². The predicted molar refractivity (Wildman–Crippen MR) is 72.3 cm³/mol. The van der Waals surface area contributed by atoms with E-state index in [-0.39, 0.29) is 5.38 Å². The van der Waals surface area contributed by atoms with Crippen LogP contribution in [0.15, 0.2) is 24.3 Å². The van der Waals surface area contributed by atoms with Crippen molar-refractivity contribution in [3.8, 4) is 0 Å². The molecule has 0 N–H and O–H groups in total. The van der Waals surface area contributed by atoms with Crippen LogP contribution in [0.25, 0.3) is 5.57 Å². The quantitative estimate of drug-likeness (QED) is 0.604. The minimum absolute atomic E-state index is 0.178. The Hall–Kier alpha value is -0.460. The largest absolute Gasteiger partial charge is 0.118 e. The van der Waals surface area contributed by atoms with Gasteiger partial charge in [-0.25, -0.2) is 0 Å². The molecule has 0 bridgehead atoms. The Labute approximate surface area is 107 Å². The molecule has 0 radical (unpaired) electrons. The minimum Gasteiger partial charge on any atom is -0.118 e. The SMILES string of the molecule is Cc1ccc(C2=CC(Cl)CCCC2)cc1Cl. The van der Waals surface area contributed by atoms with Crippen molar-refractivity contribution in [2.45, 2.75) is 38.0 Å². The molecule has 0 amide bonds. The maximum absolute atomic E-state index is 6.23. The first-order valence-electron chi connectivity index (χ1n) is 5.78. The first-order valence-corrected chi connectivity index (χ1v) is 6.59. The Morgan fingerprint density at radius 1 is 1.25 bits per heavy atom. The van der Waals surface area contributed by atoms with Crippen molar-refractivity contribution < 1.29 is 0 Å². The zero-order chi connectivity index (χ0) is 11.5. The van der Waals surface area contributed by atoms with Crippen molar-refractivity contribution in [1.82, 2.24) is 0 Å². The Morgan fingerprint density at radius 3 is 2.81 bits per heavy atom. The standard InChI is InChI=1S/C14H16Cl2/c1-10-6-7-12(9-14(10)16)11-4-2-3-5-13(15)8-11/h6-9,13H,2-5H2,1H3. The summed E-state index contributed by atoms with van der Waals surface area (Å²) in [7, 11) is 0. The maximum Gasteiger partial charge on any atom is 0.0521 e. The lowest BCUT2D eigenvalue weighted by atomic mass is 10.0. The van der Waals surface area contributed by atoms with Crippen LogP contribution in [0.1, 0.15) is 36.8 Å². The van der Waals surface area contributed by atoms with Gasteiger partial charge in [0.05, 0.1) is 5.38 Å². The second-order valence-electron chi connectivity index (χ2n) is 4.42. The molecule has 0 saturated heterocycles. The lowest BCUT2D eigenvalue weighted by molar-refractivity contribution is 0.724. The summed E-state index contributed by atoms with van der Waals surface area (Å²) in [5.74, 6) is 0. The van der Waals surface area contributed by atoms with Gasteiger partial charge >= 0.3 is 0 Å². The molecule has 1 unspecified atom stereocenters. The van der Waals surface area contributed by atoms with Crippen molar-refractivity contribution in [3.63, 3.8) is 0 Å². The van der Waals surface area contributed by atoms with E-state index in [1.807, 2.05) is 6.92 Å². The number of hydrogen-bond acceptors (Lipinski definition) is 0. The van der Waals surface area contributed by atoms with E-state index < -0.39 is 0 Å². The van der Waals surface area contributed by atoms with Gasteiger partial charge in [-0.3, -0.25) is 0 Å². The summed E-state index contributed by atoms with van der Waals surface area (Å²) >= 11 is 12.4. The molecule has 0 fully saturated rings. The third-order valence-electron chi connectivity index (χ3n) is 3.10. The molecule has 1 aliphatic rings. The summed E-state index contributed by atoms with van der Waals surface area (Å²) in [5.41, 5.74) is 3.70. The van der Waals surface area contributed by atoms with Crippen LogP contribution >= 0.6 is 23.2 Å². The average Bonchev–Trinajstić information content (AvgIpc) is 2.47. The van der Waals surface area contributed by atoms with Crippen molar-refractivity contribution in [1.29, 1.82) is 0 Å². The molecule has 0 spiro atoms. The zero-order valence-electron chi connectivity index (χ0n) is 9.47. The Balaban J connectivity index is 2.31. The topological polar surface area (TPSA) is 0 Å². The maximum atomic E-state index is 6.23. The molecule has 0 aliphatic heterocycles. The number of hydrogen-bond donors (Lipinski definition) is 0. The molecular formula is C14H16Cl2. The number of halogens is 2. The van der Waals surface area contributed by atoms with Crippen LogP contribution in [0.2, 0.25) is 5.02 Å². The second kappa shape index (κ2) is 5.25. The molecule has 2 heteroatoms. The summed E-state index contributed by atoms with van der Waals surface area (Å²) < 4.78 is 0. The van der Waals surface area contributed by atoms with E-state index in [9.17, 15) is 0 Å². The van der Waals surface area contributed by atoms with E-state index in [0.717, 1.165) is 23.4 Å². The molecular weight excluding hydrogens is 239 g/mol. The molecule has 0 nitrogen and oxygen atoms in total. The van der Waals surface area contributed by atoms with Gasteiger partial charge in [0.25, 0.3) is 0 Å². The average molecular weight is 255 g/mol. The van der Waals surface area contributed by atoms with E-state index in [1.54, 1.807) is 0 Å². The van der Waals surface area contributed by atoms with E-state index in [0.29, 0.717) is 0 Å². The molecule has 1 aromatic carbocycles. The fourth-order valence-electron chi connectivity index (χ4n) is 2.07.